The summed E-state index contributed by atoms with van der Waals surface area (Å²) in [5.74, 6) is 0. The van der Waals surface area contributed by atoms with Gasteiger partial charge in [0, 0.05) is 6.54 Å². The highest BCUT2D eigenvalue weighted by Crippen LogP contribution is 2.14. The Morgan fingerprint density at radius 3 is 2.50 bits per heavy atom. The van der Waals surface area contributed by atoms with Crippen LogP contribution in [0.3, 0.4) is 0 Å². The van der Waals surface area contributed by atoms with Crippen LogP contribution >= 0.6 is 0 Å². The van der Waals surface area contributed by atoms with Crippen molar-refractivity contribution in [2.75, 3.05) is 17.6 Å². The van der Waals surface area contributed by atoms with Gasteiger partial charge in [0.05, 0.1) is 0 Å². The molecule has 0 spiro atoms. The van der Waals surface area contributed by atoms with Crippen LogP contribution in [0.2, 0.25) is 0 Å². The molecule has 0 unspecified atom stereocenters. The minimum absolute atomic E-state index is 0.0893. The number of rotatable bonds is 2. The van der Waals surface area contributed by atoms with Gasteiger partial charge in [-0.15, -0.1) is 0 Å². The molecule has 1 heterocycles. The molecule has 5 nitrogen and oxygen atoms in total. The fourth-order valence-electron chi connectivity index (χ4n) is 0.647. The van der Waals surface area contributed by atoms with Gasteiger partial charge in [-0.2, -0.15) is 0 Å². The molecule has 1 aromatic heterocycles. The molecule has 1 rings (SSSR count). The van der Waals surface area contributed by atoms with E-state index in [-0.39, 0.29) is 11.4 Å². The molecule has 0 saturated heterocycles. The van der Waals surface area contributed by atoms with Gasteiger partial charge in [-0.25, -0.2) is 0 Å². The molecule has 0 atom stereocenters. The fraction of sp³-hybridized carbons (Fsp3) is 0.714. The lowest BCUT2D eigenvalue weighted by molar-refractivity contribution is 0.435. The SMILES string of the molecule is CC(C)(C)CNc1nnc(N)o1. The molecule has 0 saturated carbocycles. The van der Waals surface area contributed by atoms with Crippen LogP contribution < -0.4 is 11.1 Å². The van der Waals surface area contributed by atoms with Crippen molar-refractivity contribution in [3.63, 3.8) is 0 Å². The van der Waals surface area contributed by atoms with Crippen LogP contribution in [0.1, 0.15) is 20.8 Å². The number of hydrogen-bond acceptors (Lipinski definition) is 5. The van der Waals surface area contributed by atoms with E-state index in [1.807, 2.05) is 0 Å². The normalized spacial score (nSPS) is 11.6. The van der Waals surface area contributed by atoms with E-state index in [9.17, 15) is 0 Å². The van der Waals surface area contributed by atoms with Crippen LogP contribution in [0.15, 0.2) is 4.42 Å². The summed E-state index contributed by atoms with van der Waals surface area (Å²) < 4.78 is 4.92. The first kappa shape index (κ1) is 8.83. The van der Waals surface area contributed by atoms with Gasteiger partial charge in [0.2, 0.25) is 0 Å². The number of anilines is 2. The van der Waals surface area contributed by atoms with Crippen LogP contribution in [-0.2, 0) is 0 Å². The highest BCUT2D eigenvalue weighted by atomic mass is 16.4. The molecule has 5 heteroatoms. The van der Waals surface area contributed by atoms with Gasteiger partial charge >= 0.3 is 12.0 Å². The van der Waals surface area contributed by atoms with E-state index >= 15 is 0 Å². The summed E-state index contributed by atoms with van der Waals surface area (Å²) in [6.45, 7) is 7.10. The molecule has 3 N–H and O–H groups in total. The van der Waals surface area contributed by atoms with Crippen molar-refractivity contribution in [2.45, 2.75) is 20.8 Å². The Morgan fingerprint density at radius 2 is 2.08 bits per heavy atom. The van der Waals surface area contributed by atoms with Crippen molar-refractivity contribution < 1.29 is 4.42 Å². The highest BCUT2D eigenvalue weighted by Gasteiger charge is 2.11. The first-order valence-corrected chi connectivity index (χ1v) is 3.80. The van der Waals surface area contributed by atoms with Crippen molar-refractivity contribution in [2.24, 2.45) is 5.41 Å². The third-order valence-corrected chi connectivity index (χ3v) is 1.21. The minimum atomic E-state index is 0.0893. The van der Waals surface area contributed by atoms with Crippen LogP contribution in [0.4, 0.5) is 12.0 Å². The summed E-state index contributed by atoms with van der Waals surface area (Å²) in [7, 11) is 0. The summed E-state index contributed by atoms with van der Waals surface area (Å²) in [6.07, 6.45) is 0. The Morgan fingerprint density at radius 1 is 1.42 bits per heavy atom. The van der Waals surface area contributed by atoms with E-state index in [1.54, 1.807) is 0 Å². The highest BCUT2D eigenvalue weighted by molar-refractivity contribution is 5.22. The molecule has 0 aliphatic carbocycles. The molecular weight excluding hydrogens is 156 g/mol. The Balaban J connectivity index is 2.44. The predicted octanol–water partition coefficient (Wildman–Crippen LogP) is 1.11. The number of nitrogen functional groups attached to an aromatic ring is 1. The largest absolute Gasteiger partial charge is 0.390 e. The van der Waals surface area contributed by atoms with Crippen molar-refractivity contribution in [3.8, 4) is 0 Å². The summed E-state index contributed by atoms with van der Waals surface area (Å²) in [6, 6.07) is 0.467. The molecule has 0 aromatic carbocycles. The number of hydrogen-bond donors (Lipinski definition) is 2. The zero-order valence-corrected chi connectivity index (χ0v) is 7.59. The second-order valence-corrected chi connectivity index (χ2v) is 3.86. The number of nitrogens with one attached hydrogen (secondary N) is 1. The Bertz CT molecular complexity index is 250. The van der Waals surface area contributed by atoms with E-state index in [2.05, 4.69) is 36.3 Å². The Hall–Kier alpha value is -1.26. The van der Waals surface area contributed by atoms with Crippen LogP contribution in [0, 0.1) is 5.41 Å². The monoisotopic (exact) mass is 170 g/mol. The molecule has 68 valence electrons. The first-order chi connectivity index (χ1) is 5.47. The van der Waals surface area contributed by atoms with Crippen molar-refractivity contribution in [1.29, 1.82) is 0 Å². The maximum Gasteiger partial charge on any atom is 0.316 e. The predicted molar refractivity (Wildman–Crippen MR) is 46.7 cm³/mol. The van der Waals surface area contributed by atoms with E-state index < -0.39 is 0 Å². The van der Waals surface area contributed by atoms with E-state index in [0.717, 1.165) is 6.54 Å². The average Bonchev–Trinajstić information content (AvgIpc) is 2.30. The lowest BCUT2D eigenvalue weighted by Gasteiger charge is -2.17. The number of aromatic nitrogens is 2. The van der Waals surface area contributed by atoms with Crippen molar-refractivity contribution in [1.82, 2.24) is 10.2 Å². The van der Waals surface area contributed by atoms with Crippen LogP contribution in [-0.4, -0.2) is 16.7 Å². The second-order valence-electron chi connectivity index (χ2n) is 3.86. The van der Waals surface area contributed by atoms with Crippen molar-refractivity contribution in [3.05, 3.63) is 0 Å². The Labute approximate surface area is 71.3 Å². The second kappa shape index (κ2) is 3.00. The van der Waals surface area contributed by atoms with Gasteiger partial charge < -0.3 is 15.5 Å². The summed E-state index contributed by atoms with van der Waals surface area (Å²) in [5, 5.41) is 10.2. The van der Waals surface area contributed by atoms with Gasteiger partial charge in [-0.1, -0.05) is 31.0 Å². The molecule has 0 radical (unpaired) electrons. The van der Waals surface area contributed by atoms with Crippen molar-refractivity contribution >= 4 is 12.0 Å². The third-order valence-electron chi connectivity index (χ3n) is 1.21. The van der Waals surface area contributed by atoms with Gasteiger partial charge in [-0.05, 0) is 5.41 Å². The average molecular weight is 170 g/mol. The molecule has 0 aliphatic rings. The summed E-state index contributed by atoms with van der Waals surface area (Å²) in [4.78, 5) is 0. The molecule has 0 bridgehead atoms. The molecule has 1 aromatic rings. The lowest BCUT2D eigenvalue weighted by atomic mass is 9.97. The van der Waals surface area contributed by atoms with Crippen LogP contribution in [0.5, 0.6) is 0 Å². The van der Waals surface area contributed by atoms with E-state index in [1.165, 1.54) is 0 Å². The van der Waals surface area contributed by atoms with Gasteiger partial charge in [-0.3, -0.25) is 0 Å². The zero-order valence-electron chi connectivity index (χ0n) is 7.59. The quantitative estimate of drug-likeness (QED) is 0.695. The first-order valence-electron chi connectivity index (χ1n) is 3.80. The molecular formula is C7H14N4O. The third kappa shape index (κ3) is 2.77. The minimum Gasteiger partial charge on any atom is -0.390 e. The zero-order chi connectivity index (χ0) is 9.19. The van der Waals surface area contributed by atoms with Gasteiger partial charge in [0.1, 0.15) is 0 Å². The van der Waals surface area contributed by atoms with Gasteiger partial charge in [0.15, 0.2) is 0 Å². The standard InChI is InChI=1S/C7H14N4O/c1-7(2,3)4-9-6-11-10-5(8)12-6/h4H2,1-3H3,(H2,8,10)(H,9,11). The summed E-state index contributed by atoms with van der Waals surface area (Å²) >= 11 is 0. The van der Waals surface area contributed by atoms with E-state index in [0.29, 0.717) is 6.01 Å². The van der Waals surface area contributed by atoms with Crippen LogP contribution in [0.25, 0.3) is 0 Å². The van der Waals surface area contributed by atoms with E-state index in [4.69, 9.17) is 10.2 Å². The maximum atomic E-state index is 5.24. The van der Waals surface area contributed by atoms with Gasteiger partial charge in [0.25, 0.3) is 0 Å². The number of nitrogens with zero attached hydrogens (tertiary/aromatic N) is 2. The lowest BCUT2D eigenvalue weighted by Crippen LogP contribution is -2.19. The smallest absolute Gasteiger partial charge is 0.316 e. The molecule has 12 heavy (non-hydrogen) atoms. The maximum absolute atomic E-state index is 5.24. The Kier molecular flexibility index (Phi) is 2.21. The summed E-state index contributed by atoms with van der Waals surface area (Å²) in [5.41, 5.74) is 5.42. The molecule has 0 amide bonds. The topological polar surface area (TPSA) is 77.0 Å². The fourth-order valence-corrected chi connectivity index (χ4v) is 0.647. The molecule has 0 aliphatic heterocycles. The number of nitrogens with two attached hydrogens (primary N) is 1. The molecule has 0 fully saturated rings.